The van der Waals surface area contributed by atoms with Gasteiger partial charge >= 0.3 is 0 Å². The number of rotatable bonds is 7. The smallest absolute Gasteiger partial charge is 0.235 e. The van der Waals surface area contributed by atoms with E-state index in [0.29, 0.717) is 11.9 Å². The maximum absolute atomic E-state index is 11.1. The second kappa shape index (κ2) is 8.08. The van der Waals surface area contributed by atoms with Gasteiger partial charge in [-0.3, -0.25) is 15.1 Å². The molecule has 0 radical (unpaired) electrons. The van der Waals surface area contributed by atoms with Crippen LogP contribution in [-0.2, 0) is 9.63 Å². The molecule has 0 fully saturated rings. The highest BCUT2D eigenvalue weighted by atomic mass is 79.9. The Kier molecular flexibility index (Phi) is 6.65. The van der Waals surface area contributed by atoms with Crippen LogP contribution < -0.4 is 10.8 Å². The first kappa shape index (κ1) is 14.0. The Balaban J connectivity index is 2.36. The number of carbonyl (C=O) groups excluding carboxylic acids is 1. The van der Waals surface area contributed by atoms with E-state index in [4.69, 9.17) is 4.84 Å². The van der Waals surface area contributed by atoms with Gasteiger partial charge in [0.05, 0.1) is 17.6 Å². The SMILES string of the molecule is CCCCONc1ccc(NC(=O)CBr)cc1. The van der Waals surface area contributed by atoms with Crippen LogP contribution in [0.1, 0.15) is 19.8 Å². The van der Waals surface area contributed by atoms with E-state index in [-0.39, 0.29) is 5.91 Å². The van der Waals surface area contributed by atoms with Crippen LogP contribution in [0, 0.1) is 0 Å². The van der Waals surface area contributed by atoms with Crippen molar-refractivity contribution < 1.29 is 9.63 Å². The molecule has 0 aliphatic carbocycles. The fraction of sp³-hybridized carbons (Fsp3) is 0.417. The number of unbranched alkanes of at least 4 members (excludes halogenated alkanes) is 1. The van der Waals surface area contributed by atoms with Crippen molar-refractivity contribution in [3.8, 4) is 0 Å². The van der Waals surface area contributed by atoms with Crippen molar-refractivity contribution in [3.63, 3.8) is 0 Å². The summed E-state index contributed by atoms with van der Waals surface area (Å²) >= 11 is 3.09. The summed E-state index contributed by atoms with van der Waals surface area (Å²) in [5.41, 5.74) is 4.50. The van der Waals surface area contributed by atoms with E-state index in [0.717, 1.165) is 24.2 Å². The van der Waals surface area contributed by atoms with Crippen molar-refractivity contribution in [1.82, 2.24) is 0 Å². The van der Waals surface area contributed by atoms with Gasteiger partial charge in [-0.1, -0.05) is 29.3 Å². The van der Waals surface area contributed by atoms with Crippen LogP contribution in [0.4, 0.5) is 11.4 Å². The highest BCUT2D eigenvalue weighted by molar-refractivity contribution is 9.09. The van der Waals surface area contributed by atoms with Gasteiger partial charge < -0.3 is 5.32 Å². The topological polar surface area (TPSA) is 50.4 Å². The summed E-state index contributed by atoms with van der Waals surface area (Å²) in [6.45, 7) is 2.81. The summed E-state index contributed by atoms with van der Waals surface area (Å²) < 4.78 is 0. The van der Waals surface area contributed by atoms with Gasteiger partial charge in [-0.2, -0.15) is 0 Å². The Morgan fingerprint density at radius 1 is 1.29 bits per heavy atom. The van der Waals surface area contributed by atoms with Gasteiger partial charge in [-0.25, -0.2) is 0 Å². The molecule has 0 aromatic heterocycles. The second-order valence-electron chi connectivity index (χ2n) is 3.56. The predicted molar refractivity (Wildman–Crippen MR) is 73.3 cm³/mol. The third-order valence-electron chi connectivity index (χ3n) is 2.08. The lowest BCUT2D eigenvalue weighted by atomic mass is 10.3. The molecule has 0 aliphatic heterocycles. The number of benzene rings is 1. The molecule has 4 nitrogen and oxygen atoms in total. The van der Waals surface area contributed by atoms with Crippen LogP contribution in [0.25, 0.3) is 0 Å². The number of anilines is 2. The summed E-state index contributed by atoms with van der Waals surface area (Å²) in [5.74, 6) is -0.0649. The van der Waals surface area contributed by atoms with Crippen molar-refractivity contribution in [2.24, 2.45) is 0 Å². The largest absolute Gasteiger partial charge is 0.325 e. The number of hydrogen-bond acceptors (Lipinski definition) is 3. The van der Waals surface area contributed by atoms with Gasteiger partial charge in [0, 0.05) is 5.69 Å². The number of halogens is 1. The fourth-order valence-corrected chi connectivity index (χ4v) is 1.31. The highest BCUT2D eigenvalue weighted by Gasteiger charge is 1.99. The van der Waals surface area contributed by atoms with Crippen LogP contribution >= 0.6 is 15.9 Å². The average Bonchev–Trinajstić information content (AvgIpc) is 2.36. The minimum atomic E-state index is -0.0649. The molecule has 5 heteroatoms. The summed E-state index contributed by atoms with van der Waals surface area (Å²) in [7, 11) is 0. The molecular formula is C12H17BrN2O2. The molecule has 0 atom stereocenters. The molecule has 1 rings (SSSR count). The maximum Gasteiger partial charge on any atom is 0.235 e. The molecule has 0 saturated carbocycles. The summed E-state index contributed by atoms with van der Waals surface area (Å²) in [5, 5.41) is 3.04. The predicted octanol–water partition coefficient (Wildman–Crippen LogP) is 3.16. The fourth-order valence-electron chi connectivity index (χ4n) is 1.17. The Labute approximate surface area is 110 Å². The Morgan fingerprint density at radius 3 is 2.53 bits per heavy atom. The van der Waals surface area contributed by atoms with Gasteiger partial charge in [-0.05, 0) is 30.7 Å². The molecule has 1 aromatic rings. The molecule has 0 saturated heterocycles. The molecule has 0 unspecified atom stereocenters. The zero-order chi connectivity index (χ0) is 12.5. The quantitative estimate of drug-likeness (QED) is 0.462. The minimum absolute atomic E-state index is 0.0649. The van der Waals surface area contributed by atoms with E-state index < -0.39 is 0 Å². The lowest BCUT2D eigenvalue weighted by molar-refractivity contribution is -0.113. The molecule has 2 N–H and O–H groups in total. The first-order chi connectivity index (χ1) is 8.26. The van der Waals surface area contributed by atoms with Crippen LogP contribution in [0.5, 0.6) is 0 Å². The molecular weight excluding hydrogens is 284 g/mol. The third-order valence-corrected chi connectivity index (χ3v) is 2.59. The van der Waals surface area contributed by atoms with Gasteiger partial charge in [0.2, 0.25) is 5.91 Å². The van der Waals surface area contributed by atoms with Crippen molar-refractivity contribution in [2.75, 3.05) is 22.7 Å². The highest BCUT2D eigenvalue weighted by Crippen LogP contribution is 2.13. The Bertz CT molecular complexity index is 341. The lowest BCUT2D eigenvalue weighted by Gasteiger charge is -2.07. The maximum atomic E-state index is 11.1. The molecule has 0 aliphatic rings. The molecule has 94 valence electrons. The second-order valence-corrected chi connectivity index (χ2v) is 4.12. The van der Waals surface area contributed by atoms with E-state index in [1.807, 2.05) is 24.3 Å². The van der Waals surface area contributed by atoms with Crippen LogP contribution in [0.3, 0.4) is 0 Å². The number of hydrogen-bond donors (Lipinski definition) is 2. The van der Waals surface area contributed by atoms with Crippen molar-refractivity contribution in [2.45, 2.75) is 19.8 Å². The van der Waals surface area contributed by atoms with Gasteiger partial charge in [-0.15, -0.1) is 0 Å². The third kappa shape index (κ3) is 5.70. The monoisotopic (exact) mass is 300 g/mol. The van der Waals surface area contributed by atoms with Crippen LogP contribution in [0.15, 0.2) is 24.3 Å². The summed E-state index contributed by atoms with van der Waals surface area (Å²) in [6, 6.07) is 7.36. The minimum Gasteiger partial charge on any atom is -0.325 e. The van der Waals surface area contributed by atoms with E-state index >= 15 is 0 Å². The van der Waals surface area contributed by atoms with Gasteiger partial charge in [0.25, 0.3) is 0 Å². The number of carbonyl (C=O) groups is 1. The van der Waals surface area contributed by atoms with Gasteiger partial charge in [0.1, 0.15) is 0 Å². The van der Waals surface area contributed by atoms with E-state index in [1.165, 1.54) is 0 Å². The van der Waals surface area contributed by atoms with E-state index in [2.05, 4.69) is 33.7 Å². The number of nitrogens with one attached hydrogen (secondary N) is 2. The molecule has 0 spiro atoms. The first-order valence-electron chi connectivity index (χ1n) is 5.60. The zero-order valence-electron chi connectivity index (χ0n) is 9.83. The number of amides is 1. The van der Waals surface area contributed by atoms with E-state index in [9.17, 15) is 4.79 Å². The van der Waals surface area contributed by atoms with Crippen molar-refractivity contribution >= 4 is 33.2 Å². The van der Waals surface area contributed by atoms with Crippen LogP contribution in [0.2, 0.25) is 0 Å². The Morgan fingerprint density at radius 2 is 1.94 bits per heavy atom. The zero-order valence-corrected chi connectivity index (χ0v) is 11.4. The van der Waals surface area contributed by atoms with Crippen molar-refractivity contribution in [1.29, 1.82) is 0 Å². The normalized spacial score (nSPS) is 10.0. The molecule has 0 bridgehead atoms. The summed E-state index contributed by atoms with van der Waals surface area (Å²) in [4.78, 5) is 16.4. The average molecular weight is 301 g/mol. The van der Waals surface area contributed by atoms with E-state index in [1.54, 1.807) is 0 Å². The van der Waals surface area contributed by atoms with Gasteiger partial charge in [0.15, 0.2) is 0 Å². The van der Waals surface area contributed by atoms with Crippen LogP contribution in [-0.4, -0.2) is 17.8 Å². The summed E-state index contributed by atoms with van der Waals surface area (Å²) in [6.07, 6.45) is 2.14. The first-order valence-corrected chi connectivity index (χ1v) is 6.72. The number of alkyl halides is 1. The molecule has 1 aromatic carbocycles. The molecule has 17 heavy (non-hydrogen) atoms. The van der Waals surface area contributed by atoms with Crippen molar-refractivity contribution in [3.05, 3.63) is 24.3 Å². The molecule has 1 amide bonds. The standard InChI is InChI=1S/C12H17BrN2O2/c1-2-3-8-17-15-11-6-4-10(5-7-11)14-12(16)9-13/h4-7,15H,2-3,8-9H2,1H3,(H,14,16). The lowest BCUT2D eigenvalue weighted by Crippen LogP contribution is -2.12. The Hall–Kier alpha value is -1.07. The molecule has 0 heterocycles.